The standard InChI is InChI=1S/C23H21NS/c1-17(25-2)23-19-12-6-8-14-21(19)24(16-18-10-4-3-5-11-18)22-15-9-7-13-20(22)23/h3-15H,16H2,1-2H3. The lowest BCUT2D eigenvalue weighted by atomic mass is 9.89. The predicted molar refractivity (Wildman–Crippen MR) is 110 cm³/mol. The van der Waals surface area contributed by atoms with Crippen LogP contribution in [0.3, 0.4) is 0 Å². The third-order valence-corrected chi connectivity index (χ3v) is 5.59. The SMILES string of the molecule is CSC(C)=C1c2ccccc2N(Cc2ccccc2)c2ccccc21. The van der Waals surface area contributed by atoms with Crippen molar-refractivity contribution in [2.24, 2.45) is 0 Å². The highest BCUT2D eigenvalue weighted by molar-refractivity contribution is 8.02. The van der Waals surface area contributed by atoms with Crippen LogP contribution in [-0.2, 0) is 6.54 Å². The molecule has 124 valence electrons. The molecule has 0 atom stereocenters. The molecule has 0 unspecified atom stereocenters. The summed E-state index contributed by atoms with van der Waals surface area (Å²) in [6.07, 6.45) is 2.16. The number of fused-ring (bicyclic) bond motifs is 2. The number of hydrogen-bond donors (Lipinski definition) is 0. The van der Waals surface area contributed by atoms with Crippen LogP contribution >= 0.6 is 11.8 Å². The Hall–Kier alpha value is -2.45. The molecule has 4 rings (SSSR count). The summed E-state index contributed by atoms with van der Waals surface area (Å²) in [5.74, 6) is 0. The van der Waals surface area contributed by atoms with Crippen molar-refractivity contribution in [3.8, 4) is 0 Å². The summed E-state index contributed by atoms with van der Waals surface area (Å²) in [6, 6.07) is 28.2. The van der Waals surface area contributed by atoms with Gasteiger partial charge in [-0.05, 0) is 35.8 Å². The van der Waals surface area contributed by atoms with E-state index in [0.717, 1.165) is 6.54 Å². The third-order valence-electron chi connectivity index (χ3n) is 4.77. The van der Waals surface area contributed by atoms with Crippen LogP contribution in [0.2, 0.25) is 0 Å². The highest BCUT2D eigenvalue weighted by atomic mass is 32.2. The molecule has 0 saturated carbocycles. The van der Waals surface area contributed by atoms with E-state index in [-0.39, 0.29) is 0 Å². The maximum Gasteiger partial charge on any atom is 0.0494 e. The van der Waals surface area contributed by atoms with Crippen LogP contribution in [0, 0.1) is 0 Å². The Kier molecular flexibility index (Phi) is 4.37. The summed E-state index contributed by atoms with van der Waals surface area (Å²) in [6.45, 7) is 3.10. The topological polar surface area (TPSA) is 3.24 Å². The minimum absolute atomic E-state index is 0.875. The largest absolute Gasteiger partial charge is 0.336 e. The van der Waals surface area contributed by atoms with Crippen LogP contribution in [-0.4, -0.2) is 6.26 Å². The summed E-state index contributed by atoms with van der Waals surface area (Å²) in [4.78, 5) is 3.80. The van der Waals surface area contributed by atoms with E-state index in [4.69, 9.17) is 0 Å². The number of para-hydroxylation sites is 2. The molecule has 0 radical (unpaired) electrons. The zero-order chi connectivity index (χ0) is 17.2. The quantitative estimate of drug-likeness (QED) is 0.535. The van der Waals surface area contributed by atoms with E-state index in [2.05, 4.69) is 96.9 Å². The highest BCUT2D eigenvalue weighted by Gasteiger charge is 2.27. The maximum atomic E-state index is 2.44. The molecular weight excluding hydrogens is 322 g/mol. The van der Waals surface area contributed by atoms with E-state index in [1.807, 2.05) is 11.8 Å². The fourth-order valence-electron chi connectivity index (χ4n) is 3.53. The van der Waals surface area contributed by atoms with Gasteiger partial charge in [0.05, 0.1) is 0 Å². The molecule has 1 heterocycles. The van der Waals surface area contributed by atoms with E-state index in [1.165, 1.54) is 38.5 Å². The van der Waals surface area contributed by atoms with E-state index in [9.17, 15) is 0 Å². The molecule has 3 aromatic carbocycles. The highest BCUT2D eigenvalue weighted by Crippen LogP contribution is 2.47. The minimum Gasteiger partial charge on any atom is -0.336 e. The van der Waals surface area contributed by atoms with Crippen molar-refractivity contribution in [1.82, 2.24) is 0 Å². The second-order valence-electron chi connectivity index (χ2n) is 6.24. The molecule has 1 aliphatic rings. The molecule has 0 aliphatic carbocycles. The van der Waals surface area contributed by atoms with Gasteiger partial charge in [0.25, 0.3) is 0 Å². The van der Waals surface area contributed by atoms with Crippen molar-refractivity contribution in [2.75, 3.05) is 11.2 Å². The van der Waals surface area contributed by atoms with Crippen LogP contribution in [0.1, 0.15) is 23.6 Å². The van der Waals surface area contributed by atoms with Gasteiger partial charge in [-0.15, -0.1) is 11.8 Å². The van der Waals surface area contributed by atoms with Crippen LogP contribution in [0.15, 0.2) is 83.8 Å². The van der Waals surface area contributed by atoms with Gasteiger partial charge < -0.3 is 4.90 Å². The van der Waals surface area contributed by atoms with Gasteiger partial charge in [0, 0.05) is 34.6 Å². The van der Waals surface area contributed by atoms with E-state index >= 15 is 0 Å². The van der Waals surface area contributed by atoms with Crippen molar-refractivity contribution in [2.45, 2.75) is 13.5 Å². The van der Waals surface area contributed by atoms with Crippen LogP contribution in [0.5, 0.6) is 0 Å². The summed E-state index contributed by atoms with van der Waals surface area (Å²) >= 11 is 1.82. The Labute approximate surface area is 154 Å². The minimum atomic E-state index is 0.875. The van der Waals surface area contributed by atoms with Crippen molar-refractivity contribution in [3.05, 3.63) is 100 Å². The number of nitrogens with zero attached hydrogens (tertiary/aromatic N) is 1. The summed E-state index contributed by atoms with van der Waals surface area (Å²) in [5.41, 5.74) is 7.90. The van der Waals surface area contributed by atoms with Gasteiger partial charge in [-0.1, -0.05) is 66.7 Å². The number of hydrogen-bond acceptors (Lipinski definition) is 2. The van der Waals surface area contributed by atoms with Gasteiger partial charge in [0.2, 0.25) is 0 Å². The first kappa shape index (κ1) is 16.0. The molecule has 2 heteroatoms. The van der Waals surface area contributed by atoms with E-state index < -0.39 is 0 Å². The molecule has 0 spiro atoms. The summed E-state index contributed by atoms with van der Waals surface area (Å²) in [5, 5.41) is 0. The normalized spacial score (nSPS) is 12.6. The van der Waals surface area contributed by atoms with E-state index in [0.29, 0.717) is 0 Å². The monoisotopic (exact) mass is 343 g/mol. The lowest BCUT2D eigenvalue weighted by molar-refractivity contribution is 0.963. The van der Waals surface area contributed by atoms with Gasteiger partial charge in [-0.2, -0.15) is 0 Å². The second-order valence-corrected chi connectivity index (χ2v) is 7.26. The summed E-state index contributed by atoms with van der Waals surface area (Å²) < 4.78 is 0. The molecule has 0 bridgehead atoms. The number of anilines is 2. The fourth-order valence-corrected chi connectivity index (χ4v) is 3.96. The first-order valence-corrected chi connectivity index (χ1v) is 9.77. The lowest BCUT2D eigenvalue weighted by Gasteiger charge is -2.35. The average Bonchev–Trinajstić information content (AvgIpc) is 2.68. The van der Waals surface area contributed by atoms with Crippen LogP contribution in [0.25, 0.3) is 5.57 Å². The van der Waals surface area contributed by atoms with Gasteiger partial charge in [-0.25, -0.2) is 0 Å². The third kappa shape index (κ3) is 2.87. The first-order valence-electron chi connectivity index (χ1n) is 8.54. The molecule has 1 nitrogen and oxygen atoms in total. The lowest BCUT2D eigenvalue weighted by Crippen LogP contribution is -2.22. The first-order chi connectivity index (χ1) is 12.3. The zero-order valence-corrected chi connectivity index (χ0v) is 15.4. The molecule has 0 aromatic heterocycles. The molecule has 0 N–H and O–H groups in total. The number of allylic oxidation sites excluding steroid dienone is 1. The van der Waals surface area contributed by atoms with Crippen molar-refractivity contribution >= 4 is 28.7 Å². The summed E-state index contributed by atoms with van der Waals surface area (Å²) in [7, 11) is 0. The van der Waals surface area contributed by atoms with Crippen LogP contribution in [0.4, 0.5) is 11.4 Å². The molecule has 1 aliphatic heterocycles. The number of benzene rings is 3. The maximum absolute atomic E-state index is 2.44. The van der Waals surface area contributed by atoms with Crippen molar-refractivity contribution in [1.29, 1.82) is 0 Å². The van der Waals surface area contributed by atoms with Crippen LogP contribution < -0.4 is 4.90 Å². The fraction of sp³-hybridized carbons (Fsp3) is 0.130. The smallest absolute Gasteiger partial charge is 0.0494 e. The van der Waals surface area contributed by atoms with Gasteiger partial charge in [-0.3, -0.25) is 0 Å². The predicted octanol–water partition coefficient (Wildman–Crippen LogP) is 6.48. The molecule has 25 heavy (non-hydrogen) atoms. The van der Waals surface area contributed by atoms with Crippen molar-refractivity contribution in [3.63, 3.8) is 0 Å². The molecule has 0 saturated heterocycles. The van der Waals surface area contributed by atoms with Gasteiger partial charge >= 0.3 is 0 Å². The Balaban J connectivity index is 1.93. The second kappa shape index (κ2) is 6.81. The Morgan fingerprint density at radius 3 is 1.84 bits per heavy atom. The molecule has 3 aromatic rings. The Morgan fingerprint density at radius 2 is 1.28 bits per heavy atom. The Bertz CT molecular complexity index is 878. The van der Waals surface area contributed by atoms with Gasteiger partial charge in [0.1, 0.15) is 0 Å². The molecule has 0 fully saturated rings. The Morgan fingerprint density at radius 1 is 0.760 bits per heavy atom. The molecular formula is C23H21NS. The van der Waals surface area contributed by atoms with E-state index in [1.54, 1.807) is 0 Å². The average molecular weight is 343 g/mol. The number of rotatable bonds is 3. The van der Waals surface area contributed by atoms with Crippen molar-refractivity contribution < 1.29 is 0 Å². The molecule has 0 amide bonds. The number of thioether (sulfide) groups is 1. The van der Waals surface area contributed by atoms with Gasteiger partial charge in [0.15, 0.2) is 0 Å². The zero-order valence-electron chi connectivity index (χ0n) is 14.6.